The lowest BCUT2D eigenvalue weighted by Crippen LogP contribution is -2.06. The summed E-state index contributed by atoms with van der Waals surface area (Å²) in [6.07, 6.45) is 0.952. The Morgan fingerprint density at radius 2 is 2.50 bits per heavy atom. The first-order valence-corrected chi connectivity index (χ1v) is 4.84. The van der Waals surface area contributed by atoms with Gasteiger partial charge in [-0.05, 0) is 13.3 Å². The van der Waals surface area contributed by atoms with Crippen LogP contribution in [-0.2, 0) is 11.2 Å². The van der Waals surface area contributed by atoms with Crippen LogP contribution >= 0.6 is 0 Å². The molecule has 0 saturated carbocycles. The number of ether oxygens (including phenoxy) is 1. The fourth-order valence-electron chi connectivity index (χ4n) is 1.51. The summed E-state index contributed by atoms with van der Waals surface area (Å²) in [5.74, 6) is 1.45. The van der Waals surface area contributed by atoms with Crippen LogP contribution in [0.4, 0.5) is 0 Å². The molecular weight excluding hydrogens is 184 g/mol. The topological polar surface area (TPSA) is 68.4 Å². The summed E-state index contributed by atoms with van der Waals surface area (Å²) in [5, 5.41) is 12.9. The fourth-order valence-corrected chi connectivity index (χ4v) is 1.51. The lowest BCUT2D eigenvalue weighted by atomic mass is 10.1. The van der Waals surface area contributed by atoms with E-state index in [0.717, 1.165) is 13.0 Å². The van der Waals surface area contributed by atoms with E-state index in [4.69, 9.17) is 14.4 Å². The SMILES string of the molecule is CC(O)Cc1noc(C2CCOC2)n1. The molecule has 0 aromatic carbocycles. The third kappa shape index (κ3) is 2.10. The number of hydrogen-bond donors (Lipinski definition) is 1. The fraction of sp³-hybridized carbons (Fsp3) is 0.778. The van der Waals surface area contributed by atoms with Gasteiger partial charge in [-0.2, -0.15) is 4.98 Å². The van der Waals surface area contributed by atoms with Crippen LogP contribution in [0.1, 0.15) is 31.0 Å². The molecule has 5 nitrogen and oxygen atoms in total. The molecule has 2 unspecified atom stereocenters. The molecule has 0 radical (unpaired) electrons. The molecular formula is C9H14N2O3. The highest BCUT2D eigenvalue weighted by molar-refractivity contribution is 4.96. The van der Waals surface area contributed by atoms with E-state index in [2.05, 4.69) is 10.1 Å². The van der Waals surface area contributed by atoms with Crippen LogP contribution in [0.5, 0.6) is 0 Å². The molecule has 0 bridgehead atoms. The third-order valence-electron chi connectivity index (χ3n) is 2.24. The standard InChI is InChI=1S/C9H14N2O3/c1-6(12)4-8-10-9(14-11-8)7-2-3-13-5-7/h6-7,12H,2-5H2,1H3. The van der Waals surface area contributed by atoms with Crippen LogP contribution < -0.4 is 0 Å². The molecule has 1 aromatic heterocycles. The van der Waals surface area contributed by atoms with E-state index in [9.17, 15) is 0 Å². The van der Waals surface area contributed by atoms with Gasteiger partial charge in [0, 0.05) is 13.0 Å². The first kappa shape index (κ1) is 9.61. The van der Waals surface area contributed by atoms with E-state index in [1.54, 1.807) is 6.92 Å². The van der Waals surface area contributed by atoms with Gasteiger partial charge in [0.2, 0.25) is 5.89 Å². The van der Waals surface area contributed by atoms with Crippen molar-refractivity contribution in [2.45, 2.75) is 31.8 Å². The number of hydrogen-bond acceptors (Lipinski definition) is 5. The van der Waals surface area contributed by atoms with Gasteiger partial charge in [0.1, 0.15) is 0 Å². The zero-order chi connectivity index (χ0) is 9.97. The summed E-state index contributed by atoms with van der Waals surface area (Å²) in [6.45, 7) is 3.13. The first-order chi connectivity index (χ1) is 6.75. The zero-order valence-electron chi connectivity index (χ0n) is 8.14. The highest BCUT2D eigenvalue weighted by Gasteiger charge is 2.23. The van der Waals surface area contributed by atoms with Gasteiger partial charge in [-0.3, -0.25) is 0 Å². The number of rotatable bonds is 3. The van der Waals surface area contributed by atoms with Crippen molar-refractivity contribution in [2.75, 3.05) is 13.2 Å². The summed E-state index contributed by atoms with van der Waals surface area (Å²) in [4.78, 5) is 4.21. The lowest BCUT2D eigenvalue weighted by molar-refractivity contribution is 0.188. The molecule has 2 atom stereocenters. The van der Waals surface area contributed by atoms with Crippen molar-refractivity contribution in [3.63, 3.8) is 0 Å². The van der Waals surface area contributed by atoms with Crippen molar-refractivity contribution in [1.29, 1.82) is 0 Å². The maximum absolute atomic E-state index is 9.13. The molecule has 78 valence electrons. The van der Waals surface area contributed by atoms with Gasteiger partial charge < -0.3 is 14.4 Å². The Morgan fingerprint density at radius 3 is 3.14 bits per heavy atom. The Labute approximate surface area is 82.1 Å². The molecule has 0 spiro atoms. The van der Waals surface area contributed by atoms with E-state index < -0.39 is 6.10 Å². The van der Waals surface area contributed by atoms with Gasteiger partial charge >= 0.3 is 0 Å². The quantitative estimate of drug-likeness (QED) is 0.765. The molecule has 1 aliphatic heterocycles. The smallest absolute Gasteiger partial charge is 0.232 e. The molecule has 0 aliphatic carbocycles. The highest BCUT2D eigenvalue weighted by atomic mass is 16.5. The predicted octanol–water partition coefficient (Wildman–Crippen LogP) is 0.497. The molecule has 14 heavy (non-hydrogen) atoms. The molecule has 1 aliphatic rings. The average molecular weight is 198 g/mol. The van der Waals surface area contributed by atoms with Crippen molar-refractivity contribution in [1.82, 2.24) is 10.1 Å². The minimum atomic E-state index is -0.430. The first-order valence-electron chi connectivity index (χ1n) is 4.84. The maximum Gasteiger partial charge on any atom is 0.232 e. The summed E-state index contributed by atoms with van der Waals surface area (Å²) in [6, 6.07) is 0. The van der Waals surface area contributed by atoms with E-state index in [1.165, 1.54) is 0 Å². The van der Waals surface area contributed by atoms with Gasteiger partial charge in [0.05, 0.1) is 18.6 Å². The molecule has 2 rings (SSSR count). The normalized spacial score (nSPS) is 24.0. The van der Waals surface area contributed by atoms with Crippen molar-refractivity contribution in [2.24, 2.45) is 0 Å². The van der Waals surface area contributed by atoms with E-state index >= 15 is 0 Å². The van der Waals surface area contributed by atoms with Gasteiger partial charge in [0.15, 0.2) is 5.82 Å². The Hall–Kier alpha value is -0.940. The number of nitrogens with zero attached hydrogens (tertiary/aromatic N) is 2. The zero-order valence-corrected chi connectivity index (χ0v) is 8.14. The second kappa shape index (κ2) is 4.06. The van der Waals surface area contributed by atoms with Crippen LogP contribution in [0.3, 0.4) is 0 Å². The Balaban J connectivity index is 2.01. The van der Waals surface area contributed by atoms with Crippen LogP contribution in [-0.4, -0.2) is 34.6 Å². The van der Waals surface area contributed by atoms with Crippen molar-refractivity contribution < 1.29 is 14.4 Å². The summed E-state index contributed by atoms with van der Waals surface area (Å²) in [5.41, 5.74) is 0. The molecule has 1 fully saturated rings. The Bertz CT molecular complexity index is 292. The van der Waals surface area contributed by atoms with Crippen LogP contribution in [0.25, 0.3) is 0 Å². The Kier molecular flexibility index (Phi) is 2.79. The van der Waals surface area contributed by atoms with E-state index in [0.29, 0.717) is 24.7 Å². The number of aromatic nitrogens is 2. The minimum Gasteiger partial charge on any atom is -0.393 e. The number of aliphatic hydroxyl groups is 1. The van der Waals surface area contributed by atoms with E-state index in [1.807, 2.05) is 0 Å². The van der Waals surface area contributed by atoms with Crippen LogP contribution in [0, 0.1) is 0 Å². The van der Waals surface area contributed by atoms with Crippen molar-refractivity contribution >= 4 is 0 Å². The molecule has 0 amide bonds. The average Bonchev–Trinajstić information content (AvgIpc) is 2.69. The van der Waals surface area contributed by atoms with Gasteiger partial charge in [-0.15, -0.1) is 0 Å². The summed E-state index contributed by atoms with van der Waals surface area (Å²) < 4.78 is 10.3. The van der Waals surface area contributed by atoms with Crippen molar-refractivity contribution in [3.05, 3.63) is 11.7 Å². The largest absolute Gasteiger partial charge is 0.393 e. The molecule has 1 aromatic rings. The monoisotopic (exact) mass is 198 g/mol. The highest BCUT2D eigenvalue weighted by Crippen LogP contribution is 2.23. The second-order valence-corrected chi connectivity index (χ2v) is 3.66. The van der Waals surface area contributed by atoms with Gasteiger partial charge in [-0.1, -0.05) is 5.16 Å². The molecule has 5 heteroatoms. The Morgan fingerprint density at radius 1 is 1.64 bits per heavy atom. The third-order valence-corrected chi connectivity index (χ3v) is 2.24. The van der Waals surface area contributed by atoms with Crippen LogP contribution in [0.2, 0.25) is 0 Å². The number of aliphatic hydroxyl groups excluding tert-OH is 1. The summed E-state index contributed by atoms with van der Waals surface area (Å²) >= 11 is 0. The van der Waals surface area contributed by atoms with E-state index in [-0.39, 0.29) is 5.92 Å². The molecule has 2 heterocycles. The minimum absolute atomic E-state index is 0.241. The molecule has 1 saturated heterocycles. The van der Waals surface area contributed by atoms with Crippen molar-refractivity contribution in [3.8, 4) is 0 Å². The summed E-state index contributed by atoms with van der Waals surface area (Å²) in [7, 11) is 0. The van der Waals surface area contributed by atoms with Gasteiger partial charge in [0.25, 0.3) is 0 Å². The molecule has 1 N–H and O–H groups in total. The van der Waals surface area contributed by atoms with Crippen LogP contribution in [0.15, 0.2) is 4.52 Å². The lowest BCUT2D eigenvalue weighted by Gasteiger charge is -1.98. The maximum atomic E-state index is 9.13. The van der Waals surface area contributed by atoms with Gasteiger partial charge in [-0.25, -0.2) is 0 Å². The second-order valence-electron chi connectivity index (χ2n) is 3.66. The predicted molar refractivity (Wildman–Crippen MR) is 47.9 cm³/mol.